The van der Waals surface area contributed by atoms with E-state index in [1.807, 2.05) is 24.3 Å². The number of esters is 2. The molecule has 234 valence electrons. The standard InChI is InChI=1S/C13H12N2O3.C7H7NO3.C6H6ClN.CH2O3.CH4.ClH.2K.H/c1-17-13(16)11-4-6-15-8-12(11)18-9-10-3-2-5-14-7-10;1-11-7(10)5-2-3-8-4-6(5)9;7-4-6-2-1-3-8-5-6;2-1-4-3;;;;;/h2-8H,9H2,1H3;2-4,9H,1H3;1-3,5H,4H2;1,3H;1H4;1H;;;/q;;;;;;2*+1;-1/p-1. The van der Waals surface area contributed by atoms with Crippen molar-refractivity contribution in [2.75, 3.05) is 14.2 Å². The van der Waals surface area contributed by atoms with Gasteiger partial charge in [0.2, 0.25) is 0 Å². The summed E-state index contributed by atoms with van der Waals surface area (Å²) >= 11 is 5.49. The quantitative estimate of drug-likeness (QED) is 0.0546. The topological polar surface area (TPSA) is 183 Å². The Hall–Kier alpha value is -1.58. The van der Waals surface area contributed by atoms with Crippen molar-refractivity contribution in [1.29, 1.82) is 0 Å². The maximum absolute atomic E-state index is 11.5. The molecule has 0 amide bonds. The van der Waals surface area contributed by atoms with Gasteiger partial charge in [-0.2, -0.15) is 0 Å². The number of hydrogen-bond acceptors (Lipinski definition) is 13. The molecule has 45 heavy (non-hydrogen) atoms. The summed E-state index contributed by atoms with van der Waals surface area (Å²) in [6, 6.07) is 10.5. The van der Waals surface area contributed by atoms with Crippen molar-refractivity contribution in [3.05, 3.63) is 108 Å². The van der Waals surface area contributed by atoms with Crippen LogP contribution in [-0.4, -0.2) is 57.7 Å². The van der Waals surface area contributed by atoms with Gasteiger partial charge in [0, 0.05) is 48.6 Å². The van der Waals surface area contributed by atoms with Gasteiger partial charge in [0.25, 0.3) is 6.47 Å². The largest absolute Gasteiger partial charge is 1.00 e. The van der Waals surface area contributed by atoms with E-state index < -0.39 is 11.9 Å². The Labute approximate surface area is 359 Å². The monoisotopic (exact) mass is 716 g/mol. The minimum atomic E-state index is -0.565. The Bertz CT molecular complexity index is 1340. The third-order valence-electron chi connectivity index (χ3n) is 4.43. The summed E-state index contributed by atoms with van der Waals surface area (Å²) in [7, 11) is 2.58. The molecule has 0 saturated heterocycles. The Morgan fingerprint density at radius 3 is 1.73 bits per heavy atom. The Morgan fingerprint density at radius 1 is 0.844 bits per heavy atom. The first kappa shape index (κ1) is 50.3. The van der Waals surface area contributed by atoms with Crippen molar-refractivity contribution in [3.8, 4) is 11.5 Å². The predicted molar refractivity (Wildman–Crippen MR) is 157 cm³/mol. The Morgan fingerprint density at radius 2 is 1.31 bits per heavy atom. The molecule has 13 nitrogen and oxygen atoms in total. The molecule has 4 heterocycles. The minimum Gasteiger partial charge on any atom is -1.00 e. The fraction of sp³-hybridized carbons (Fsp3) is 0.179. The zero-order valence-corrected chi connectivity index (χ0v) is 32.2. The van der Waals surface area contributed by atoms with Crippen LogP contribution in [0.25, 0.3) is 0 Å². The number of alkyl halides is 1. The molecule has 17 heteroatoms. The van der Waals surface area contributed by atoms with Crippen molar-refractivity contribution in [2.45, 2.75) is 19.9 Å². The average molecular weight is 718 g/mol. The second kappa shape index (κ2) is 32.4. The van der Waals surface area contributed by atoms with Crippen LogP contribution in [0.15, 0.2) is 86.0 Å². The second-order valence-electron chi connectivity index (χ2n) is 7.09. The van der Waals surface area contributed by atoms with Crippen LogP contribution in [0.3, 0.4) is 0 Å². The zero-order valence-electron chi connectivity index (χ0n) is 25.4. The van der Waals surface area contributed by atoms with Crippen LogP contribution >= 0.6 is 24.0 Å². The number of carbonyl (C=O) groups is 3. The predicted octanol–water partition coefficient (Wildman–Crippen LogP) is -2.15. The van der Waals surface area contributed by atoms with E-state index in [0.717, 1.165) is 11.1 Å². The van der Waals surface area contributed by atoms with Crippen LogP contribution in [0.5, 0.6) is 11.5 Å². The number of halogens is 2. The Balaban J connectivity index is -0.000000174. The van der Waals surface area contributed by atoms with Gasteiger partial charge in [-0.25, -0.2) is 9.59 Å². The molecule has 0 radical (unpaired) electrons. The normalized spacial score (nSPS) is 8.27. The fourth-order valence-corrected chi connectivity index (χ4v) is 2.72. The van der Waals surface area contributed by atoms with Crippen LogP contribution < -0.4 is 113 Å². The number of aromatic hydroxyl groups is 1. The van der Waals surface area contributed by atoms with Gasteiger partial charge in [-0.3, -0.25) is 24.7 Å². The number of aromatic nitrogens is 4. The third-order valence-corrected chi connectivity index (χ3v) is 4.74. The number of hydrogen-bond donors (Lipinski definition) is 1. The summed E-state index contributed by atoms with van der Waals surface area (Å²) < 4.78 is 14.6. The number of carbonyl (C=O) groups excluding carboxylic acids is 3. The van der Waals surface area contributed by atoms with E-state index >= 15 is 0 Å². The summed E-state index contributed by atoms with van der Waals surface area (Å²) in [5, 5.41) is 17.5. The van der Waals surface area contributed by atoms with E-state index in [9.17, 15) is 9.59 Å². The molecule has 0 unspecified atom stereocenters. The van der Waals surface area contributed by atoms with Crippen molar-refractivity contribution in [1.82, 2.24) is 19.9 Å². The smallest absolute Gasteiger partial charge is 1.00 e. The maximum Gasteiger partial charge on any atom is 1.00 e. The number of ether oxygens (including phenoxy) is 3. The molecule has 1 N–H and O–H groups in total. The van der Waals surface area contributed by atoms with Crippen LogP contribution in [0, 0.1) is 0 Å². The molecule has 0 aliphatic heterocycles. The number of methoxy groups -OCH3 is 2. The van der Waals surface area contributed by atoms with Crippen molar-refractivity contribution < 1.29 is 148 Å². The molecule has 0 aromatic carbocycles. The van der Waals surface area contributed by atoms with Gasteiger partial charge in [0.15, 0.2) is 5.75 Å². The van der Waals surface area contributed by atoms with Gasteiger partial charge >= 0.3 is 115 Å². The van der Waals surface area contributed by atoms with Gasteiger partial charge in [0.1, 0.15) is 23.5 Å². The van der Waals surface area contributed by atoms with Gasteiger partial charge in [-0.05, 0) is 29.8 Å². The molecule has 0 aliphatic rings. The molecule has 0 saturated carbocycles. The van der Waals surface area contributed by atoms with E-state index in [-0.39, 0.29) is 142 Å². The zero-order chi connectivity index (χ0) is 30.3. The van der Waals surface area contributed by atoms with Gasteiger partial charge in [-0.15, -0.1) is 24.0 Å². The SMILES string of the molecule is C.COC(=O)c1ccncc1O.COC(=O)c1ccncc1OCc1cccnc1.Cl.ClCc1cccnc1.O=CO[O-].[H-].[K+].[K+]. The van der Waals surface area contributed by atoms with Crippen LogP contribution in [0.2, 0.25) is 0 Å². The molecule has 0 atom stereocenters. The summed E-state index contributed by atoms with van der Waals surface area (Å²) in [5.74, 6) is -0.232. The van der Waals surface area contributed by atoms with E-state index in [1.165, 1.54) is 45.1 Å². The maximum atomic E-state index is 11.5. The minimum absolute atomic E-state index is 0. The van der Waals surface area contributed by atoms with E-state index in [2.05, 4.69) is 34.3 Å². The van der Waals surface area contributed by atoms with Gasteiger partial charge < -0.3 is 30.9 Å². The molecule has 0 fully saturated rings. The van der Waals surface area contributed by atoms with E-state index in [0.29, 0.717) is 23.8 Å². The molecule has 4 rings (SSSR count). The van der Waals surface area contributed by atoms with Gasteiger partial charge in [0.05, 0.1) is 26.6 Å². The second-order valence-corrected chi connectivity index (χ2v) is 7.35. The van der Waals surface area contributed by atoms with Crippen molar-refractivity contribution >= 4 is 42.4 Å². The van der Waals surface area contributed by atoms with E-state index in [1.54, 1.807) is 30.9 Å². The molecular formula is C28H32Cl2K2N4O9. The average Bonchev–Trinajstić information content (AvgIpc) is 3.05. The summed E-state index contributed by atoms with van der Waals surface area (Å²) in [6.07, 6.45) is 12.5. The summed E-state index contributed by atoms with van der Waals surface area (Å²) in [4.78, 5) is 49.0. The number of nitrogens with zero attached hydrogens (tertiary/aromatic N) is 4. The number of pyridine rings is 4. The molecule has 4 aromatic heterocycles. The molecule has 0 bridgehead atoms. The molecule has 4 aromatic rings. The van der Waals surface area contributed by atoms with Gasteiger partial charge in [-0.1, -0.05) is 19.6 Å². The van der Waals surface area contributed by atoms with Crippen LogP contribution in [-0.2, 0) is 31.6 Å². The molecular weight excluding hydrogens is 685 g/mol. The van der Waals surface area contributed by atoms with Crippen LogP contribution in [0.1, 0.15) is 40.7 Å². The van der Waals surface area contributed by atoms with Crippen molar-refractivity contribution in [3.63, 3.8) is 0 Å². The fourth-order valence-electron chi connectivity index (χ4n) is 2.56. The summed E-state index contributed by atoms with van der Waals surface area (Å²) in [5.41, 5.74) is 2.46. The summed E-state index contributed by atoms with van der Waals surface area (Å²) in [6.45, 7) is 0.142. The third kappa shape index (κ3) is 21.8. The van der Waals surface area contributed by atoms with Crippen molar-refractivity contribution in [2.24, 2.45) is 0 Å². The van der Waals surface area contributed by atoms with E-state index in [4.69, 9.17) is 31.5 Å². The first-order valence-corrected chi connectivity index (χ1v) is 11.9. The first-order valence-electron chi connectivity index (χ1n) is 11.3. The number of rotatable bonds is 7. The van der Waals surface area contributed by atoms with Crippen LogP contribution in [0.4, 0.5) is 0 Å². The molecule has 0 spiro atoms. The first-order chi connectivity index (χ1) is 19.9. The molecule has 0 aliphatic carbocycles. The Kier molecular flexibility index (Phi) is 36.2.